The van der Waals surface area contributed by atoms with E-state index in [-0.39, 0.29) is 5.91 Å². The molecule has 1 N–H and O–H groups in total. The van der Waals surface area contributed by atoms with Gasteiger partial charge in [0.25, 0.3) is 5.91 Å². The van der Waals surface area contributed by atoms with Gasteiger partial charge < -0.3 is 10.2 Å². The normalized spacial score (nSPS) is 16.9. The number of hydrogen-bond donors (Lipinski definition) is 1. The Morgan fingerprint density at radius 3 is 2.59 bits per heavy atom. The van der Waals surface area contributed by atoms with Crippen LogP contribution in [0.3, 0.4) is 0 Å². The highest BCUT2D eigenvalue weighted by molar-refractivity contribution is 6.31. The first kappa shape index (κ1) is 18.0. The summed E-state index contributed by atoms with van der Waals surface area (Å²) < 4.78 is 0. The number of nitrogens with one attached hydrogen (secondary N) is 1. The Bertz CT molecular complexity index is 994. The van der Waals surface area contributed by atoms with Crippen LogP contribution in [0.2, 0.25) is 5.02 Å². The minimum absolute atomic E-state index is 0.109. The number of carbonyl (C=O) groups excluding carboxylic acids is 1. The van der Waals surface area contributed by atoms with Gasteiger partial charge in [-0.15, -0.1) is 0 Å². The highest BCUT2D eigenvalue weighted by Crippen LogP contribution is 2.33. The molecule has 0 aromatic heterocycles. The van der Waals surface area contributed by atoms with Crippen molar-refractivity contribution in [1.82, 2.24) is 10.2 Å². The zero-order valence-electron chi connectivity index (χ0n) is 15.6. The fourth-order valence-corrected chi connectivity index (χ4v) is 4.27. The maximum atomic E-state index is 13.2. The number of halogens is 1. The molecule has 138 valence electrons. The van der Waals surface area contributed by atoms with Crippen LogP contribution < -0.4 is 5.32 Å². The van der Waals surface area contributed by atoms with E-state index in [1.807, 2.05) is 61.3 Å². The van der Waals surface area contributed by atoms with Gasteiger partial charge in [0.2, 0.25) is 0 Å². The number of hydrogen-bond acceptors (Lipinski definition) is 2. The highest BCUT2D eigenvalue weighted by atomic mass is 35.5. The Kier molecular flexibility index (Phi) is 4.90. The van der Waals surface area contributed by atoms with Gasteiger partial charge in [0, 0.05) is 29.7 Å². The number of carbonyl (C=O) groups is 1. The Morgan fingerprint density at radius 1 is 1.11 bits per heavy atom. The molecule has 1 atom stereocenters. The maximum Gasteiger partial charge on any atom is 0.254 e. The standard InChI is InChI=1S/C23H23ClN2O/c1-15-11-16(13-17(24)12-15)19-7-8-22(21-6-4-3-5-20(19)21)23(27)26-10-9-18(14-26)25-2/h3-8,11-13,18,25H,9-10,14H2,1-2H3/t18-/m1/s1. The molecule has 1 heterocycles. The zero-order chi connectivity index (χ0) is 19.0. The second-order valence-electron chi connectivity index (χ2n) is 7.25. The van der Waals surface area contributed by atoms with Gasteiger partial charge in [0.15, 0.2) is 0 Å². The third kappa shape index (κ3) is 3.45. The van der Waals surface area contributed by atoms with E-state index in [0.717, 1.165) is 57.6 Å². The first-order valence-electron chi connectivity index (χ1n) is 9.32. The van der Waals surface area contributed by atoms with E-state index in [0.29, 0.717) is 6.04 Å². The molecule has 3 nitrogen and oxygen atoms in total. The zero-order valence-corrected chi connectivity index (χ0v) is 16.4. The highest BCUT2D eigenvalue weighted by Gasteiger charge is 2.27. The fourth-order valence-electron chi connectivity index (χ4n) is 3.98. The summed E-state index contributed by atoms with van der Waals surface area (Å²) in [6, 6.07) is 18.6. The lowest BCUT2D eigenvalue weighted by molar-refractivity contribution is 0.0791. The lowest BCUT2D eigenvalue weighted by atomic mass is 9.94. The minimum atomic E-state index is 0.109. The van der Waals surface area contributed by atoms with Gasteiger partial charge in [-0.3, -0.25) is 4.79 Å². The van der Waals surface area contributed by atoms with E-state index >= 15 is 0 Å². The molecular weight excluding hydrogens is 356 g/mol. The molecule has 1 amide bonds. The van der Waals surface area contributed by atoms with Crippen molar-refractivity contribution in [2.24, 2.45) is 0 Å². The van der Waals surface area contributed by atoms with Crippen LogP contribution in [0.25, 0.3) is 21.9 Å². The van der Waals surface area contributed by atoms with Crippen LogP contribution in [0.4, 0.5) is 0 Å². The Labute approximate surface area is 164 Å². The first-order chi connectivity index (χ1) is 13.1. The van der Waals surface area contributed by atoms with Gasteiger partial charge in [-0.05, 0) is 66.1 Å². The van der Waals surface area contributed by atoms with Crippen LogP contribution in [0, 0.1) is 6.92 Å². The van der Waals surface area contributed by atoms with Crippen molar-refractivity contribution < 1.29 is 4.79 Å². The number of aryl methyl sites for hydroxylation is 1. The minimum Gasteiger partial charge on any atom is -0.337 e. The van der Waals surface area contributed by atoms with Crippen molar-refractivity contribution in [2.75, 3.05) is 20.1 Å². The number of benzene rings is 3. The van der Waals surface area contributed by atoms with E-state index in [4.69, 9.17) is 11.6 Å². The predicted molar refractivity (Wildman–Crippen MR) is 112 cm³/mol. The number of rotatable bonds is 3. The second kappa shape index (κ2) is 7.34. The molecule has 4 rings (SSSR count). The second-order valence-corrected chi connectivity index (χ2v) is 7.69. The number of likely N-dealkylation sites (N-methyl/N-ethyl adjacent to an activating group) is 1. The van der Waals surface area contributed by atoms with Gasteiger partial charge in [0.05, 0.1) is 0 Å². The summed E-state index contributed by atoms with van der Waals surface area (Å²) in [5, 5.41) is 6.07. The molecule has 1 fully saturated rings. The van der Waals surface area contributed by atoms with Crippen molar-refractivity contribution in [3.63, 3.8) is 0 Å². The number of nitrogens with zero attached hydrogens (tertiary/aromatic N) is 1. The molecule has 1 aliphatic rings. The van der Waals surface area contributed by atoms with Crippen molar-refractivity contribution in [2.45, 2.75) is 19.4 Å². The summed E-state index contributed by atoms with van der Waals surface area (Å²) in [5.74, 6) is 0.109. The molecule has 1 aliphatic heterocycles. The Balaban J connectivity index is 1.80. The molecule has 0 saturated carbocycles. The number of fused-ring (bicyclic) bond motifs is 1. The van der Waals surface area contributed by atoms with Crippen LogP contribution in [0.5, 0.6) is 0 Å². The lowest BCUT2D eigenvalue weighted by Gasteiger charge is -2.19. The number of amides is 1. The van der Waals surface area contributed by atoms with Crippen LogP contribution in [0.15, 0.2) is 54.6 Å². The molecule has 4 heteroatoms. The Morgan fingerprint density at radius 2 is 1.89 bits per heavy atom. The van der Waals surface area contributed by atoms with E-state index < -0.39 is 0 Å². The topological polar surface area (TPSA) is 32.3 Å². The summed E-state index contributed by atoms with van der Waals surface area (Å²) in [4.78, 5) is 15.1. The molecule has 0 unspecified atom stereocenters. The van der Waals surface area contributed by atoms with Crippen LogP contribution >= 0.6 is 11.6 Å². The number of likely N-dealkylation sites (tertiary alicyclic amines) is 1. The van der Waals surface area contributed by atoms with Crippen molar-refractivity contribution in [1.29, 1.82) is 0 Å². The third-order valence-corrected chi connectivity index (χ3v) is 5.61. The SMILES string of the molecule is CN[C@@H]1CCN(C(=O)c2ccc(-c3cc(C)cc(Cl)c3)c3ccccc23)C1. The average Bonchev–Trinajstić information content (AvgIpc) is 3.15. The van der Waals surface area contributed by atoms with Gasteiger partial charge in [-0.1, -0.05) is 48.0 Å². The summed E-state index contributed by atoms with van der Waals surface area (Å²) in [7, 11) is 1.95. The predicted octanol–water partition coefficient (Wildman–Crippen LogP) is 4.90. The van der Waals surface area contributed by atoms with E-state index in [9.17, 15) is 4.79 Å². The molecule has 0 spiro atoms. The van der Waals surface area contributed by atoms with E-state index in [1.54, 1.807) is 0 Å². The molecule has 3 aromatic rings. The molecular formula is C23H23ClN2O. The maximum absolute atomic E-state index is 13.2. The van der Waals surface area contributed by atoms with Crippen LogP contribution in [-0.4, -0.2) is 37.0 Å². The van der Waals surface area contributed by atoms with Gasteiger partial charge >= 0.3 is 0 Å². The van der Waals surface area contributed by atoms with Crippen molar-refractivity contribution in [3.05, 3.63) is 70.7 Å². The average molecular weight is 379 g/mol. The van der Waals surface area contributed by atoms with E-state index in [1.165, 1.54) is 0 Å². The molecule has 0 radical (unpaired) electrons. The lowest BCUT2D eigenvalue weighted by Crippen LogP contribution is -2.33. The molecule has 27 heavy (non-hydrogen) atoms. The van der Waals surface area contributed by atoms with Gasteiger partial charge in [-0.25, -0.2) is 0 Å². The summed E-state index contributed by atoms with van der Waals surface area (Å²) in [5.41, 5.74) is 4.07. The third-order valence-electron chi connectivity index (χ3n) is 5.39. The molecule has 0 bridgehead atoms. The smallest absolute Gasteiger partial charge is 0.254 e. The monoisotopic (exact) mass is 378 g/mol. The first-order valence-corrected chi connectivity index (χ1v) is 9.70. The molecule has 3 aromatic carbocycles. The molecule has 0 aliphatic carbocycles. The summed E-state index contributed by atoms with van der Waals surface area (Å²) in [6.45, 7) is 3.60. The Hall–Kier alpha value is -2.36. The summed E-state index contributed by atoms with van der Waals surface area (Å²) >= 11 is 6.28. The van der Waals surface area contributed by atoms with Crippen LogP contribution in [-0.2, 0) is 0 Å². The van der Waals surface area contributed by atoms with Gasteiger partial charge in [-0.2, -0.15) is 0 Å². The van der Waals surface area contributed by atoms with Crippen molar-refractivity contribution >= 4 is 28.3 Å². The van der Waals surface area contributed by atoms with E-state index in [2.05, 4.69) is 17.4 Å². The largest absolute Gasteiger partial charge is 0.337 e. The quantitative estimate of drug-likeness (QED) is 0.702. The van der Waals surface area contributed by atoms with Crippen molar-refractivity contribution in [3.8, 4) is 11.1 Å². The van der Waals surface area contributed by atoms with Crippen LogP contribution in [0.1, 0.15) is 22.3 Å². The summed E-state index contributed by atoms with van der Waals surface area (Å²) in [6.07, 6.45) is 1.00. The van der Waals surface area contributed by atoms with Gasteiger partial charge in [0.1, 0.15) is 0 Å². The molecule has 1 saturated heterocycles. The fraction of sp³-hybridized carbons (Fsp3) is 0.261.